The topological polar surface area (TPSA) is 61.7 Å². The van der Waals surface area contributed by atoms with Crippen molar-refractivity contribution < 1.29 is 14.9 Å². The Bertz CT molecular complexity index is 316. The first-order valence-electron chi connectivity index (χ1n) is 5.24. The summed E-state index contributed by atoms with van der Waals surface area (Å²) in [7, 11) is 0. The van der Waals surface area contributed by atoms with E-state index in [4.69, 9.17) is 9.84 Å². The Kier molecular flexibility index (Phi) is 4.29. The zero-order chi connectivity index (χ0) is 12.2. The number of aromatic hydroxyl groups is 1. The van der Waals surface area contributed by atoms with E-state index in [9.17, 15) is 5.11 Å². The summed E-state index contributed by atoms with van der Waals surface area (Å²) >= 11 is 0. The second-order valence-corrected chi connectivity index (χ2v) is 4.63. The Morgan fingerprint density at radius 2 is 1.81 bits per heavy atom. The van der Waals surface area contributed by atoms with Gasteiger partial charge in [-0.3, -0.25) is 5.32 Å². The predicted octanol–water partition coefficient (Wildman–Crippen LogP) is 1.57. The molecule has 1 aromatic rings. The van der Waals surface area contributed by atoms with Crippen LogP contribution in [0.4, 0.5) is 0 Å². The summed E-state index contributed by atoms with van der Waals surface area (Å²) in [6, 6.07) is 6.78. The molecule has 0 radical (unpaired) electrons. The van der Waals surface area contributed by atoms with Gasteiger partial charge in [-0.25, -0.2) is 0 Å². The van der Waals surface area contributed by atoms with Crippen molar-refractivity contribution in [1.29, 1.82) is 0 Å². The van der Waals surface area contributed by atoms with E-state index < -0.39 is 6.41 Å². The molecule has 1 atom stereocenters. The number of nitrogens with one attached hydrogen (secondary N) is 1. The van der Waals surface area contributed by atoms with E-state index in [0.717, 1.165) is 5.56 Å². The molecule has 0 aliphatic heterocycles. The molecular weight excluding hydrogens is 206 g/mol. The van der Waals surface area contributed by atoms with Crippen LogP contribution in [0.2, 0.25) is 0 Å². The molecule has 0 aliphatic carbocycles. The zero-order valence-electron chi connectivity index (χ0n) is 9.90. The number of phenols is 1. The van der Waals surface area contributed by atoms with Crippen LogP contribution in [0.25, 0.3) is 0 Å². The van der Waals surface area contributed by atoms with Crippen LogP contribution in [-0.2, 0) is 11.3 Å². The van der Waals surface area contributed by atoms with Crippen LogP contribution < -0.4 is 5.32 Å². The van der Waals surface area contributed by atoms with E-state index in [1.54, 1.807) is 24.3 Å². The summed E-state index contributed by atoms with van der Waals surface area (Å²) in [4.78, 5) is 0. The van der Waals surface area contributed by atoms with Gasteiger partial charge in [-0.1, -0.05) is 12.1 Å². The summed E-state index contributed by atoms with van der Waals surface area (Å²) in [5, 5.41) is 21.4. The minimum Gasteiger partial charge on any atom is -0.508 e. The molecular formula is C12H19NO3. The standard InChI is InChI=1S/C12H19NO3/c1-12(2,3)16-11(15)13-8-9-4-6-10(14)7-5-9/h4-7,11,13-15H,8H2,1-3H3. The largest absolute Gasteiger partial charge is 0.508 e. The first kappa shape index (κ1) is 13.0. The highest BCUT2D eigenvalue weighted by Gasteiger charge is 2.15. The highest BCUT2D eigenvalue weighted by molar-refractivity contribution is 5.25. The third kappa shape index (κ3) is 5.11. The SMILES string of the molecule is CC(C)(C)OC(O)NCc1ccc(O)cc1. The van der Waals surface area contributed by atoms with E-state index in [0.29, 0.717) is 6.54 Å². The Morgan fingerprint density at radius 3 is 2.31 bits per heavy atom. The van der Waals surface area contributed by atoms with Crippen molar-refractivity contribution in [1.82, 2.24) is 5.32 Å². The monoisotopic (exact) mass is 225 g/mol. The molecule has 1 rings (SSSR count). The number of aliphatic hydroxyl groups is 1. The summed E-state index contributed by atoms with van der Waals surface area (Å²) in [5.41, 5.74) is 0.579. The van der Waals surface area contributed by atoms with E-state index in [1.807, 2.05) is 20.8 Å². The molecule has 4 heteroatoms. The van der Waals surface area contributed by atoms with Gasteiger partial charge in [-0.2, -0.15) is 0 Å². The predicted molar refractivity (Wildman–Crippen MR) is 61.8 cm³/mol. The van der Waals surface area contributed by atoms with E-state index in [2.05, 4.69) is 5.32 Å². The summed E-state index contributed by atoms with van der Waals surface area (Å²) in [6.45, 7) is 6.10. The summed E-state index contributed by atoms with van der Waals surface area (Å²) < 4.78 is 5.28. The van der Waals surface area contributed by atoms with Crippen molar-refractivity contribution in [3.05, 3.63) is 29.8 Å². The minimum atomic E-state index is -0.992. The van der Waals surface area contributed by atoms with Crippen molar-refractivity contribution in [2.75, 3.05) is 0 Å². The Labute approximate surface area is 95.9 Å². The molecule has 3 N–H and O–H groups in total. The zero-order valence-corrected chi connectivity index (χ0v) is 9.90. The fourth-order valence-corrected chi connectivity index (χ4v) is 1.20. The van der Waals surface area contributed by atoms with Gasteiger partial charge in [0, 0.05) is 6.54 Å². The van der Waals surface area contributed by atoms with Crippen LogP contribution in [0.1, 0.15) is 26.3 Å². The Morgan fingerprint density at radius 1 is 1.25 bits per heavy atom. The molecule has 0 bridgehead atoms. The molecule has 90 valence electrons. The van der Waals surface area contributed by atoms with Crippen LogP contribution in [0.3, 0.4) is 0 Å². The van der Waals surface area contributed by atoms with Gasteiger partial charge < -0.3 is 14.9 Å². The van der Waals surface area contributed by atoms with Crippen molar-refractivity contribution in [3.63, 3.8) is 0 Å². The average molecular weight is 225 g/mol. The van der Waals surface area contributed by atoms with Gasteiger partial charge in [-0.15, -0.1) is 0 Å². The quantitative estimate of drug-likeness (QED) is 0.681. The second kappa shape index (κ2) is 5.30. The van der Waals surface area contributed by atoms with E-state index in [1.165, 1.54) is 0 Å². The molecule has 0 spiro atoms. The number of ether oxygens (including phenoxy) is 1. The van der Waals surface area contributed by atoms with Gasteiger partial charge in [0.05, 0.1) is 5.60 Å². The molecule has 0 amide bonds. The first-order valence-corrected chi connectivity index (χ1v) is 5.24. The maximum Gasteiger partial charge on any atom is 0.214 e. The number of aliphatic hydroxyl groups excluding tert-OH is 1. The third-order valence-corrected chi connectivity index (χ3v) is 1.88. The van der Waals surface area contributed by atoms with Gasteiger partial charge in [0.2, 0.25) is 6.41 Å². The number of phenolic OH excluding ortho intramolecular Hbond substituents is 1. The lowest BCUT2D eigenvalue weighted by atomic mass is 10.2. The maximum absolute atomic E-state index is 9.52. The van der Waals surface area contributed by atoms with Gasteiger partial charge in [-0.05, 0) is 38.5 Å². The van der Waals surface area contributed by atoms with Crippen molar-refractivity contribution in [2.24, 2.45) is 0 Å². The number of rotatable bonds is 4. The molecule has 0 saturated carbocycles. The minimum absolute atomic E-state index is 0.232. The molecule has 0 heterocycles. The number of benzene rings is 1. The lowest BCUT2D eigenvalue weighted by Crippen LogP contribution is -2.37. The molecule has 0 fully saturated rings. The van der Waals surface area contributed by atoms with Crippen molar-refractivity contribution in [3.8, 4) is 5.75 Å². The molecule has 4 nitrogen and oxygen atoms in total. The second-order valence-electron chi connectivity index (χ2n) is 4.63. The lowest BCUT2D eigenvalue weighted by molar-refractivity contribution is -0.182. The van der Waals surface area contributed by atoms with Gasteiger partial charge in [0.15, 0.2) is 0 Å². The van der Waals surface area contributed by atoms with Gasteiger partial charge in [0.25, 0.3) is 0 Å². The molecule has 0 aliphatic rings. The summed E-state index contributed by atoms with van der Waals surface area (Å²) in [5.74, 6) is 0.232. The van der Waals surface area contributed by atoms with E-state index >= 15 is 0 Å². The van der Waals surface area contributed by atoms with Gasteiger partial charge in [0.1, 0.15) is 5.75 Å². The highest BCUT2D eigenvalue weighted by Crippen LogP contribution is 2.11. The lowest BCUT2D eigenvalue weighted by Gasteiger charge is -2.24. The Hall–Kier alpha value is -1.10. The maximum atomic E-state index is 9.52. The molecule has 16 heavy (non-hydrogen) atoms. The fraction of sp³-hybridized carbons (Fsp3) is 0.500. The molecule has 0 saturated heterocycles. The van der Waals surface area contributed by atoms with Gasteiger partial charge >= 0.3 is 0 Å². The highest BCUT2D eigenvalue weighted by atomic mass is 16.6. The third-order valence-electron chi connectivity index (χ3n) is 1.88. The van der Waals surface area contributed by atoms with Crippen LogP contribution in [-0.4, -0.2) is 22.2 Å². The van der Waals surface area contributed by atoms with Crippen molar-refractivity contribution in [2.45, 2.75) is 39.3 Å². The van der Waals surface area contributed by atoms with Crippen LogP contribution in [0, 0.1) is 0 Å². The first-order chi connectivity index (χ1) is 7.37. The van der Waals surface area contributed by atoms with Crippen LogP contribution in [0.15, 0.2) is 24.3 Å². The average Bonchev–Trinajstić information content (AvgIpc) is 2.14. The van der Waals surface area contributed by atoms with Crippen molar-refractivity contribution >= 4 is 0 Å². The smallest absolute Gasteiger partial charge is 0.214 e. The molecule has 1 aromatic carbocycles. The summed E-state index contributed by atoms with van der Waals surface area (Å²) in [6.07, 6.45) is -0.992. The number of hydrogen-bond acceptors (Lipinski definition) is 4. The van der Waals surface area contributed by atoms with Crippen LogP contribution in [0.5, 0.6) is 5.75 Å². The molecule has 0 aromatic heterocycles. The normalized spacial score (nSPS) is 13.8. The Balaban J connectivity index is 2.37. The van der Waals surface area contributed by atoms with Crippen LogP contribution >= 0.6 is 0 Å². The molecule has 1 unspecified atom stereocenters. The fourth-order valence-electron chi connectivity index (χ4n) is 1.20. The van der Waals surface area contributed by atoms with E-state index in [-0.39, 0.29) is 11.4 Å². The number of hydrogen-bond donors (Lipinski definition) is 3.